The van der Waals surface area contributed by atoms with Gasteiger partial charge in [-0.15, -0.1) is 0 Å². The summed E-state index contributed by atoms with van der Waals surface area (Å²) >= 11 is 0. The molecule has 0 heterocycles. The monoisotopic (exact) mass is 468 g/mol. The predicted octanol–water partition coefficient (Wildman–Crippen LogP) is 9.21. The van der Waals surface area contributed by atoms with Gasteiger partial charge in [0.05, 0.1) is 0 Å². The van der Waals surface area contributed by atoms with E-state index in [4.69, 9.17) is 0 Å². The van der Waals surface area contributed by atoms with E-state index in [1.807, 2.05) is 0 Å². The van der Waals surface area contributed by atoms with E-state index < -0.39 is 0 Å². The molecule has 8 rings (SSSR count). The highest BCUT2D eigenvalue weighted by molar-refractivity contribution is 5.74. The van der Waals surface area contributed by atoms with Crippen LogP contribution in [-0.2, 0) is 31.1 Å². The third kappa shape index (κ3) is 6.13. The molecule has 0 aromatic heterocycles. The second-order valence-electron chi connectivity index (χ2n) is 11.1. The zero-order valence-electron chi connectivity index (χ0n) is 21.8. The number of rotatable bonds is 4. The SMILES string of the molecule is CC(C)(C)c1ccc(/C=C/c2ccc(/C=C/c3cc4ccc3CCc3ccc(cc3)CC4)cc2)cc1. The minimum atomic E-state index is 0.189. The van der Waals surface area contributed by atoms with E-state index in [1.54, 1.807) is 0 Å². The zero-order valence-corrected chi connectivity index (χ0v) is 21.8. The first-order chi connectivity index (χ1) is 17.4. The molecule has 0 fully saturated rings. The Morgan fingerprint density at radius 1 is 0.472 bits per heavy atom. The highest BCUT2D eigenvalue weighted by atomic mass is 14.2. The maximum atomic E-state index is 2.39. The van der Waals surface area contributed by atoms with Gasteiger partial charge in [0, 0.05) is 0 Å². The zero-order chi connectivity index (χ0) is 25.0. The molecule has 0 spiro atoms. The quantitative estimate of drug-likeness (QED) is 0.262. The lowest BCUT2D eigenvalue weighted by Crippen LogP contribution is -2.10. The molecule has 0 N–H and O–H groups in total. The lowest BCUT2D eigenvalue weighted by molar-refractivity contribution is 0.590. The molecule has 4 aliphatic carbocycles. The Bertz CT molecular complexity index is 1360. The maximum Gasteiger partial charge on any atom is -0.0132 e. The van der Waals surface area contributed by atoms with Crippen LogP contribution in [0.5, 0.6) is 0 Å². The molecule has 0 unspecified atom stereocenters. The Morgan fingerprint density at radius 3 is 1.47 bits per heavy atom. The highest BCUT2D eigenvalue weighted by Gasteiger charge is 2.12. The van der Waals surface area contributed by atoms with Crippen LogP contribution in [0.3, 0.4) is 0 Å². The van der Waals surface area contributed by atoms with Crippen LogP contribution in [0.4, 0.5) is 0 Å². The third-order valence-electron chi connectivity index (χ3n) is 7.26. The van der Waals surface area contributed by atoms with Crippen LogP contribution >= 0.6 is 0 Å². The van der Waals surface area contributed by atoms with Crippen LogP contribution in [0.15, 0.2) is 91.0 Å². The number of aryl methyl sites for hydroxylation is 4. The molecule has 4 aliphatic rings. The van der Waals surface area contributed by atoms with Crippen molar-refractivity contribution >= 4 is 24.3 Å². The minimum Gasteiger partial charge on any atom is -0.0588 e. The Labute approximate surface area is 217 Å². The average molecular weight is 469 g/mol. The lowest BCUT2D eigenvalue weighted by Gasteiger charge is -2.18. The van der Waals surface area contributed by atoms with Crippen LogP contribution in [0.2, 0.25) is 0 Å². The van der Waals surface area contributed by atoms with E-state index in [1.165, 1.54) is 50.1 Å². The number of benzene rings is 4. The molecule has 0 saturated heterocycles. The first-order valence-electron chi connectivity index (χ1n) is 13.2. The lowest BCUT2D eigenvalue weighted by atomic mass is 9.87. The van der Waals surface area contributed by atoms with Gasteiger partial charge in [-0.1, -0.05) is 136 Å². The molecule has 0 saturated carbocycles. The summed E-state index contributed by atoms with van der Waals surface area (Å²) < 4.78 is 0. The Kier molecular flexibility index (Phi) is 7.05. The van der Waals surface area contributed by atoms with Gasteiger partial charge in [0.25, 0.3) is 0 Å². The summed E-state index contributed by atoms with van der Waals surface area (Å²) in [4.78, 5) is 0. The van der Waals surface area contributed by atoms with Crippen molar-refractivity contribution in [2.75, 3.05) is 0 Å². The third-order valence-corrected chi connectivity index (χ3v) is 7.26. The Balaban J connectivity index is 1.28. The summed E-state index contributed by atoms with van der Waals surface area (Å²) in [5.41, 5.74) is 12.3. The van der Waals surface area contributed by atoms with E-state index >= 15 is 0 Å². The summed E-state index contributed by atoms with van der Waals surface area (Å²) in [6.07, 6.45) is 13.3. The van der Waals surface area contributed by atoms with Gasteiger partial charge >= 0.3 is 0 Å². The van der Waals surface area contributed by atoms with Gasteiger partial charge in [-0.25, -0.2) is 0 Å². The number of hydrogen-bond acceptors (Lipinski definition) is 0. The van der Waals surface area contributed by atoms with Crippen LogP contribution in [0.1, 0.15) is 70.8 Å². The van der Waals surface area contributed by atoms with Gasteiger partial charge in [-0.3, -0.25) is 0 Å². The first-order valence-corrected chi connectivity index (χ1v) is 13.2. The van der Waals surface area contributed by atoms with Gasteiger partial charge in [0.15, 0.2) is 0 Å². The molecule has 0 nitrogen and oxygen atoms in total. The fraction of sp³-hybridized carbons (Fsp3) is 0.222. The van der Waals surface area contributed by atoms with Crippen LogP contribution in [0.25, 0.3) is 24.3 Å². The molecular formula is C36H36. The molecule has 0 aliphatic heterocycles. The maximum absolute atomic E-state index is 2.39. The molecule has 4 bridgehead atoms. The fourth-order valence-corrected chi connectivity index (χ4v) is 4.81. The molecule has 4 aromatic rings. The summed E-state index contributed by atoms with van der Waals surface area (Å²) in [5, 5.41) is 0. The second-order valence-corrected chi connectivity index (χ2v) is 11.1. The van der Waals surface area contributed by atoms with E-state index in [-0.39, 0.29) is 5.41 Å². The molecule has 0 atom stereocenters. The van der Waals surface area contributed by atoms with Crippen LogP contribution in [0, 0.1) is 0 Å². The van der Waals surface area contributed by atoms with E-state index in [2.05, 4.69) is 136 Å². The molecule has 0 radical (unpaired) electrons. The van der Waals surface area contributed by atoms with Crippen molar-refractivity contribution in [1.29, 1.82) is 0 Å². The van der Waals surface area contributed by atoms with E-state index in [9.17, 15) is 0 Å². The van der Waals surface area contributed by atoms with Gasteiger partial charge in [-0.05, 0) is 81.2 Å². The van der Waals surface area contributed by atoms with Gasteiger partial charge in [-0.2, -0.15) is 0 Å². The van der Waals surface area contributed by atoms with Gasteiger partial charge in [0.1, 0.15) is 0 Å². The smallest absolute Gasteiger partial charge is 0.0132 e. The largest absolute Gasteiger partial charge is 0.0588 e. The Hall–Kier alpha value is -3.64. The van der Waals surface area contributed by atoms with Crippen molar-refractivity contribution in [2.45, 2.75) is 51.9 Å². The molecule has 0 heteroatoms. The Morgan fingerprint density at radius 2 is 0.917 bits per heavy atom. The topological polar surface area (TPSA) is 0 Å². The van der Waals surface area contributed by atoms with Crippen molar-refractivity contribution in [3.05, 3.63) is 141 Å². The molecular weight excluding hydrogens is 432 g/mol. The molecule has 180 valence electrons. The molecule has 4 aromatic carbocycles. The van der Waals surface area contributed by atoms with Gasteiger partial charge < -0.3 is 0 Å². The summed E-state index contributed by atoms with van der Waals surface area (Å²) in [5.74, 6) is 0. The van der Waals surface area contributed by atoms with Crippen molar-refractivity contribution in [1.82, 2.24) is 0 Å². The predicted molar refractivity (Wildman–Crippen MR) is 157 cm³/mol. The van der Waals surface area contributed by atoms with Crippen molar-refractivity contribution in [3.8, 4) is 0 Å². The highest BCUT2D eigenvalue weighted by Crippen LogP contribution is 2.24. The van der Waals surface area contributed by atoms with Gasteiger partial charge in [0.2, 0.25) is 0 Å². The normalized spacial score (nSPS) is 13.9. The average Bonchev–Trinajstić information content (AvgIpc) is 2.88. The first kappa shape index (κ1) is 24.1. The van der Waals surface area contributed by atoms with Crippen molar-refractivity contribution in [2.24, 2.45) is 0 Å². The van der Waals surface area contributed by atoms with Crippen LogP contribution < -0.4 is 0 Å². The second kappa shape index (κ2) is 10.5. The standard InChI is InChI=1S/C36H36/c1-36(2,3)35-24-19-31(20-25-35)13-8-27-4-11-30(12-5-27)17-23-34-26-32-15-14-28-6-9-29(10-7-28)16-21-33(34)22-18-32/h4-13,17-20,22-26H,14-16,21H2,1-3H3/b13-8+,23-17+. The van der Waals surface area contributed by atoms with Crippen molar-refractivity contribution in [3.63, 3.8) is 0 Å². The van der Waals surface area contributed by atoms with Crippen molar-refractivity contribution < 1.29 is 0 Å². The van der Waals surface area contributed by atoms with Crippen LogP contribution in [-0.4, -0.2) is 0 Å². The number of hydrogen-bond donors (Lipinski definition) is 0. The summed E-state index contributed by atoms with van der Waals surface area (Å²) in [6, 6.07) is 33.9. The summed E-state index contributed by atoms with van der Waals surface area (Å²) in [6.45, 7) is 6.76. The molecule has 0 amide bonds. The molecule has 36 heavy (non-hydrogen) atoms. The fourth-order valence-electron chi connectivity index (χ4n) is 4.81. The van der Waals surface area contributed by atoms with E-state index in [0.29, 0.717) is 0 Å². The summed E-state index contributed by atoms with van der Waals surface area (Å²) in [7, 11) is 0. The van der Waals surface area contributed by atoms with E-state index in [0.717, 1.165) is 25.7 Å². The minimum absolute atomic E-state index is 0.189.